The van der Waals surface area contributed by atoms with E-state index in [1.807, 2.05) is 78.9 Å². The summed E-state index contributed by atoms with van der Waals surface area (Å²) in [6.45, 7) is 9.78. The van der Waals surface area contributed by atoms with Crippen LogP contribution >= 0.6 is 0 Å². The molecule has 4 aromatic carbocycles. The first-order chi connectivity index (χ1) is 26.5. The average Bonchev–Trinajstić information content (AvgIpc) is 3.23. The highest BCUT2D eigenvalue weighted by Crippen LogP contribution is 2.32. The van der Waals surface area contributed by atoms with E-state index in [4.69, 9.17) is 9.72 Å². The molecule has 2 fully saturated rings. The third-order valence-electron chi connectivity index (χ3n) is 9.92. The van der Waals surface area contributed by atoms with Gasteiger partial charge in [0.25, 0.3) is 0 Å². The second-order valence-corrected chi connectivity index (χ2v) is 13.9. The number of pyridine rings is 1. The zero-order chi connectivity index (χ0) is 37.0. The summed E-state index contributed by atoms with van der Waals surface area (Å²) in [5, 5.41) is 12.8. The van der Waals surface area contributed by atoms with Crippen LogP contribution in [0, 0.1) is 0 Å². The van der Waals surface area contributed by atoms with Gasteiger partial charge >= 0.3 is 0 Å². The van der Waals surface area contributed by atoms with E-state index in [0.29, 0.717) is 19.4 Å². The highest BCUT2D eigenvalue weighted by Gasteiger charge is 2.14. The molecule has 278 valence electrons. The number of ether oxygens (including phenoxy) is 1. The Morgan fingerprint density at radius 3 is 1.52 bits per heavy atom. The normalized spacial score (nSPS) is 15.0. The van der Waals surface area contributed by atoms with Crippen molar-refractivity contribution in [2.45, 2.75) is 19.4 Å². The summed E-state index contributed by atoms with van der Waals surface area (Å²) in [7, 11) is 0. The lowest BCUT2D eigenvalue weighted by Crippen LogP contribution is -2.44. The molecular formula is C44H49N7O3. The molecule has 0 saturated carbocycles. The predicted molar refractivity (Wildman–Crippen MR) is 216 cm³/mol. The molecule has 7 rings (SSSR count). The van der Waals surface area contributed by atoms with Crippen LogP contribution in [0.15, 0.2) is 115 Å². The quantitative estimate of drug-likeness (QED) is 0.108. The van der Waals surface area contributed by atoms with E-state index in [0.717, 1.165) is 122 Å². The molecule has 10 nitrogen and oxygen atoms in total. The standard InChI is InChI=1S/C44H49N7O3/c52-43(18-24-50-26-20-45-21-27-50)47-38-12-6-35(7-13-38)41-30-37(34-10-16-40(17-11-34)54-32-33-4-2-1-3-5-33)31-42(49-41)36-8-14-39(15-9-36)48-44(53)19-25-51-28-22-46-23-29-51/h1-17,30-31,45-46H,18-29,32H2,(H,47,52)(H,48,53). The molecular weight excluding hydrogens is 675 g/mol. The average molecular weight is 724 g/mol. The minimum Gasteiger partial charge on any atom is -0.489 e. The van der Waals surface area contributed by atoms with E-state index in [-0.39, 0.29) is 11.8 Å². The fourth-order valence-electron chi connectivity index (χ4n) is 6.76. The molecule has 5 aromatic rings. The minimum atomic E-state index is 0.0130. The van der Waals surface area contributed by atoms with Gasteiger partial charge in [-0.3, -0.25) is 9.59 Å². The lowest BCUT2D eigenvalue weighted by atomic mass is 9.99. The molecule has 2 aliphatic rings. The van der Waals surface area contributed by atoms with Gasteiger partial charge in [-0.15, -0.1) is 0 Å². The van der Waals surface area contributed by atoms with Gasteiger partial charge in [-0.2, -0.15) is 0 Å². The number of carbonyl (C=O) groups excluding carboxylic acids is 2. The van der Waals surface area contributed by atoms with E-state index in [1.54, 1.807) is 0 Å². The first kappa shape index (κ1) is 36.9. The van der Waals surface area contributed by atoms with Crippen LogP contribution in [-0.4, -0.2) is 92.0 Å². The van der Waals surface area contributed by atoms with Crippen LogP contribution in [0.2, 0.25) is 0 Å². The van der Waals surface area contributed by atoms with Gasteiger partial charge in [0, 0.05) is 101 Å². The Morgan fingerprint density at radius 2 is 1.04 bits per heavy atom. The number of anilines is 2. The largest absolute Gasteiger partial charge is 0.489 e. The number of nitrogens with zero attached hydrogens (tertiary/aromatic N) is 3. The zero-order valence-electron chi connectivity index (χ0n) is 30.7. The molecule has 2 saturated heterocycles. The Balaban J connectivity index is 1.07. The van der Waals surface area contributed by atoms with Gasteiger partial charge in [-0.1, -0.05) is 66.7 Å². The van der Waals surface area contributed by atoms with Gasteiger partial charge in [0.15, 0.2) is 0 Å². The maximum absolute atomic E-state index is 12.7. The van der Waals surface area contributed by atoms with E-state index in [9.17, 15) is 9.59 Å². The summed E-state index contributed by atoms with van der Waals surface area (Å²) < 4.78 is 6.06. The first-order valence-electron chi connectivity index (χ1n) is 19.0. The molecule has 0 bridgehead atoms. The van der Waals surface area contributed by atoms with Crippen molar-refractivity contribution >= 4 is 23.2 Å². The Bertz CT molecular complexity index is 1860. The van der Waals surface area contributed by atoms with Crippen LogP contribution in [0.5, 0.6) is 5.75 Å². The number of benzene rings is 4. The molecule has 0 unspecified atom stereocenters. The molecule has 4 N–H and O–H groups in total. The smallest absolute Gasteiger partial charge is 0.225 e. The van der Waals surface area contributed by atoms with Gasteiger partial charge in [-0.05, 0) is 65.2 Å². The van der Waals surface area contributed by atoms with Crippen LogP contribution in [0.3, 0.4) is 0 Å². The lowest BCUT2D eigenvalue weighted by Gasteiger charge is -2.26. The van der Waals surface area contributed by atoms with Crippen LogP contribution in [0.4, 0.5) is 11.4 Å². The lowest BCUT2D eigenvalue weighted by molar-refractivity contribution is -0.117. The van der Waals surface area contributed by atoms with E-state index in [2.05, 4.69) is 67.5 Å². The summed E-state index contributed by atoms with van der Waals surface area (Å²) >= 11 is 0. The van der Waals surface area contributed by atoms with Crippen molar-refractivity contribution in [2.75, 3.05) is 76.1 Å². The zero-order valence-corrected chi connectivity index (χ0v) is 30.7. The number of aromatic nitrogens is 1. The molecule has 0 aliphatic carbocycles. The van der Waals surface area contributed by atoms with Crippen molar-refractivity contribution in [3.63, 3.8) is 0 Å². The predicted octanol–water partition coefficient (Wildman–Crippen LogP) is 6.13. The highest BCUT2D eigenvalue weighted by atomic mass is 16.5. The SMILES string of the molecule is O=C(CCN1CCNCC1)Nc1ccc(-c2cc(-c3ccc(OCc4ccccc4)cc3)cc(-c3ccc(NC(=O)CCN4CCNCC4)cc3)n2)cc1. The number of amides is 2. The van der Waals surface area contributed by atoms with Gasteiger partial charge in [-0.25, -0.2) is 4.98 Å². The summed E-state index contributed by atoms with van der Waals surface area (Å²) in [4.78, 5) is 35.2. The molecule has 1 aromatic heterocycles. The van der Waals surface area contributed by atoms with Crippen molar-refractivity contribution in [1.29, 1.82) is 0 Å². The van der Waals surface area contributed by atoms with Crippen LogP contribution < -0.4 is 26.0 Å². The second-order valence-electron chi connectivity index (χ2n) is 13.9. The van der Waals surface area contributed by atoms with E-state index < -0.39 is 0 Å². The molecule has 2 aliphatic heterocycles. The Kier molecular flexibility index (Phi) is 12.7. The first-order valence-corrected chi connectivity index (χ1v) is 19.0. The highest BCUT2D eigenvalue weighted by molar-refractivity contribution is 5.92. The number of piperazine rings is 2. The molecule has 0 atom stereocenters. The van der Waals surface area contributed by atoms with Crippen LogP contribution in [-0.2, 0) is 16.2 Å². The number of nitrogens with one attached hydrogen (secondary N) is 4. The van der Waals surface area contributed by atoms with Crippen molar-refractivity contribution in [3.8, 4) is 39.4 Å². The van der Waals surface area contributed by atoms with Crippen molar-refractivity contribution < 1.29 is 14.3 Å². The third kappa shape index (κ3) is 10.6. The number of hydrogen-bond acceptors (Lipinski definition) is 8. The summed E-state index contributed by atoms with van der Waals surface area (Å²) in [5.41, 5.74) is 8.19. The molecule has 2 amide bonds. The third-order valence-corrected chi connectivity index (χ3v) is 9.92. The van der Waals surface area contributed by atoms with Gasteiger partial charge in [0.2, 0.25) is 11.8 Å². The van der Waals surface area contributed by atoms with Crippen molar-refractivity contribution in [3.05, 3.63) is 121 Å². The summed E-state index contributed by atoms with van der Waals surface area (Å²) in [6.07, 6.45) is 0.924. The fourth-order valence-corrected chi connectivity index (χ4v) is 6.76. The summed E-state index contributed by atoms with van der Waals surface area (Å²) in [6, 6.07) is 38.2. The Labute approximate surface area is 317 Å². The molecule has 54 heavy (non-hydrogen) atoms. The van der Waals surface area contributed by atoms with E-state index >= 15 is 0 Å². The minimum absolute atomic E-state index is 0.0130. The van der Waals surface area contributed by atoms with Gasteiger partial charge < -0.3 is 35.8 Å². The Hall–Kier alpha value is -5.39. The van der Waals surface area contributed by atoms with Gasteiger partial charge in [0.05, 0.1) is 11.4 Å². The van der Waals surface area contributed by atoms with E-state index in [1.165, 1.54) is 0 Å². The monoisotopic (exact) mass is 723 g/mol. The van der Waals surface area contributed by atoms with Gasteiger partial charge in [0.1, 0.15) is 12.4 Å². The van der Waals surface area contributed by atoms with Crippen LogP contribution in [0.25, 0.3) is 33.6 Å². The van der Waals surface area contributed by atoms with Crippen LogP contribution in [0.1, 0.15) is 18.4 Å². The number of hydrogen-bond donors (Lipinski definition) is 4. The van der Waals surface area contributed by atoms with Crippen molar-refractivity contribution in [2.24, 2.45) is 0 Å². The molecule has 0 radical (unpaired) electrons. The Morgan fingerprint density at radius 1 is 0.574 bits per heavy atom. The molecule has 0 spiro atoms. The molecule has 10 heteroatoms. The number of rotatable bonds is 14. The maximum atomic E-state index is 12.7. The summed E-state index contributed by atoms with van der Waals surface area (Å²) in [5.74, 6) is 0.825. The molecule has 3 heterocycles. The number of carbonyl (C=O) groups is 2. The van der Waals surface area contributed by atoms with Crippen molar-refractivity contribution in [1.82, 2.24) is 25.4 Å². The topological polar surface area (TPSA) is 111 Å². The fraction of sp³-hybridized carbons (Fsp3) is 0.295. The second kappa shape index (κ2) is 18.6. The maximum Gasteiger partial charge on any atom is 0.225 e.